The minimum Gasteiger partial charge on any atom is -0.456 e. The summed E-state index contributed by atoms with van der Waals surface area (Å²) in [5.41, 5.74) is 11.0. The van der Waals surface area contributed by atoms with Crippen molar-refractivity contribution in [2.24, 2.45) is 11.3 Å². The molecule has 4 aromatic carbocycles. The second kappa shape index (κ2) is 18.4. The Kier molecular flexibility index (Phi) is 13.3. The first-order valence-electron chi connectivity index (χ1n) is 20.1. The van der Waals surface area contributed by atoms with Crippen LogP contribution in [-0.2, 0) is 14.8 Å². The zero-order valence-corrected chi connectivity index (χ0v) is 36.0. The molecule has 60 heavy (non-hydrogen) atoms. The maximum absolute atomic E-state index is 13.8. The number of hydrogen-bond acceptors (Lipinski definition) is 11. The normalized spacial score (nSPS) is 17.6. The van der Waals surface area contributed by atoms with E-state index in [2.05, 4.69) is 45.8 Å². The molecular formula is C44H50Cl2N6O7S. The molecule has 13 nitrogen and oxygen atoms in total. The second-order valence-corrected chi connectivity index (χ2v) is 19.0. The highest BCUT2D eigenvalue weighted by Crippen LogP contribution is 2.43. The molecule has 1 amide bonds. The van der Waals surface area contributed by atoms with Crippen LogP contribution in [-0.4, -0.2) is 76.6 Å². The molecule has 2 fully saturated rings. The second-order valence-electron chi connectivity index (χ2n) is 16.5. The van der Waals surface area contributed by atoms with E-state index in [1.165, 1.54) is 41.0 Å². The lowest BCUT2D eigenvalue weighted by Gasteiger charge is -2.39. The van der Waals surface area contributed by atoms with E-state index in [-0.39, 0.29) is 39.1 Å². The number of sulfonamides is 1. The number of carbonyl (C=O) groups excluding carboxylic acids is 1. The summed E-state index contributed by atoms with van der Waals surface area (Å²) < 4.78 is 40.9. The van der Waals surface area contributed by atoms with Crippen LogP contribution in [0.25, 0.3) is 5.57 Å². The lowest BCUT2D eigenvalue weighted by molar-refractivity contribution is -0.384. The monoisotopic (exact) mass is 876 g/mol. The van der Waals surface area contributed by atoms with Crippen molar-refractivity contribution in [2.75, 3.05) is 68.4 Å². The van der Waals surface area contributed by atoms with Gasteiger partial charge in [-0.05, 0) is 103 Å². The number of hydrogen-bond donors (Lipinski definition) is 3. The van der Waals surface area contributed by atoms with Crippen LogP contribution in [0, 0.1) is 21.4 Å². The standard InChI is InChI=1S/C44H50Cl2N6O7S/c1-44(2)16-13-31(37(26-44)30-3-5-32(45)6-4-30)28-50-17-19-51(20-18-50)33-7-10-36(42(23-33)59-34-8-11-39(47)38(46)24-34)43(53)49-60(56,57)35-9-12-40(41(25-35)52(54)55)48-27-29-14-21-58-22-15-29/h3-12,23-25,29,48H,13-22,26-28,47H2,1-2H3,(H,49,53). The van der Waals surface area contributed by atoms with E-state index in [1.807, 2.05) is 12.1 Å². The van der Waals surface area contributed by atoms with Gasteiger partial charge in [0.1, 0.15) is 17.2 Å². The summed E-state index contributed by atoms with van der Waals surface area (Å²) in [6.07, 6.45) is 4.81. The van der Waals surface area contributed by atoms with Crippen LogP contribution in [0.2, 0.25) is 10.0 Å². The predicted molar refractivity (Wildman–Crippen MR) is 237 cm³/mol. The molecule has 0 atom stereocenters. The van der Waals surface area contributed by atoms with Gasteiger partial charge in [-0.3, -0.25) is 19.8 Å². The number of nitrogens with one attached hydrogen (secondary N) is 2. The number of nitro groups is 1. The molecule has 3 aliphatic rings. The van der Waals surface area contributed by atoms with Crippen molar-refractivity contribution in [1.29, 1.82) is 0 Å². The highest BCUT2D eigenvalue weighted by atomic mass is 35.5. The Labute approximate surface area is 361 Å². The Morgan fingerprint density at radius 2 is 1.72 bits per heavy atom. The number of allylic oxidation sites excluding steroid dienone is 1. The van der Waals surface area contributed by atoms with Gasteiger partial charge < -0.3 is 25.4 Å². The molecule has 0 unspecified atom stereocenters. The average molecular weight is 878 g/mol. The zero-order valence-electron chi connectivity index (χ0n) is 33.7. The fourth-order valence-electron chi connectivity index (χ4n) is 8.00. The number of nitrogen functional groups attached to an aromatic ring is 1. The molecule has 2 saturated heterocycles. The number of anilines is 3. The van der Waals surface area contributed by atoms with Gasteiger partial charge in [0.25, 0.3) is 21.6 Å². The van der Waals surface area contributed by atoms with Gasteiger partial charge >= 0.3 is 0 Å². The number of benzene rings is 4. The summed E-state index contributed by atoms with van der Waals surface area (Å²) in [6, 6.07) is 21.3. The third-order valence-electron chi connectivity index (χ3n) is 11.6. The SMILES string of the molecule is CC1(C)CCC(CN2CCN(c3ccc(C(=O)NS(=O)(=O)c4ccc(NCC5CCOCC5)c([N+](=O)[O-])c4)c(Oc4ccc(N)c(Cl)c4)c3)CC2)=C(c2ccc(Cl)cc2)C1. The molecule has 0 spiro atoms. The number of nitro benzene ring substituents is 1. The van der Waals surface area contributed by atoms with E-state index < -0.39 is 31.4 Å². The van der Waals surface area contributed by atoms with E-state index in [0.717, 1.165) is 68.5 Å². The fourth-order valence-corrected chi connectivity index (χ4v) is 9.28. The number of amides is 1. The Morgan fingerprint density at radius 1 is 0.983 bits per heavy atom. The lowest BCUT2D eigenvalue weighted by Crippen LogP contribution is -2.47. The van der Waals surface area contributed by atoms with Crippen molar-refractivity contribution < 1.29 is 27.6 Å². The molecule has 4 N–H and O–H groups in total. The molecule has 7 rings (SSSR count). The molecule has 16 heteroatoms. The van der Waals surface area contributed by atoms with Gasteiger partial charge in [-0.1, -0.05) is 54.8 Å². The molecule has 0 saturated carbocycles. The van der Waals surface area contributed by atoms with Crippen molar-refractivity contribution in [3.63, 3.8) is 0 Å². The summed E-state index contributed by atoms with van der Waals surface area (Å²) >= 11 is 12.5. The first-order chi connectivity index (χ1) is 28.6. The molecular weight excluding hydrogens is 827 g/mol. The molecule has 0 bridgehead atoms. The van der Waals surface area contributed by atoms with Gasteiger partial charge in [0.05, 0.1) is 26.1 Å². The van der Waals surface area contributed by atoms with Crippen molar-refractivity contribution in [3.05, 3.63) is 116 Å². The van der Waals surface area contributed by atoms with Gasteiger partial charge in [-0.15, -0.1) is 0 Å². The van der Waals surface area contributed by atoms with E-state index in [1.54, 1.807) is 24.3 Å². The van der Waals surface area contributed by atoms with E-state index in [4.69, 9.17) is 38.4 Å². The van der Waals surface area contributed by atoms with E-state index in [9.17, 15) is 23.3 Å². The van der Waals surface area contributed by atoms with Crippen molar-refractivity contribution in [3.8, 4) is 11.5 Å². The topological polar surface area (TPSA) is 169 Å². The Hall–Kier alpha value is -4.86. The third kappa shape index (κ3) is 10.5. The molecule has 1 aliphatic carbocycles. The van der Waals surface area contributed by atoms with Crippen LogP contribution in [0.15, 0.2) is 89.3 Å². The predicted octanol–water partition coefficient (Wildman–Crippen LogP) is 9.02. The Morgan fingerprint density at radius 3 is 2.42 bits per heavy atom. The summed E-state index contributed by atoms with van der Waals surface area (Å²) in [6.45, 7) is 10.3. The maximum Gasteiger partial charge on any atom is 0.293 e. The number of halogens is 2. The van der Waals surface area contributed by atoms with Gasteiger partial charge in [0.2, 0.25) is 0 Å². The average Bonchev–Trinajstić information content (AvgIpc) is 3.22. The summed E-state index contributed by atoms with van der Waals surface area (Å²) in [5, 5.41) is 16.1. The number of carbonyl (C=O) groups is 1. The highest BCUT2D eigenvalue weighted by Gasteiger charge is 2.30. The first kappa shape index (κ1) is 43.2. The van der Waals surface area contributed by atoms with Gasteiger partial charge in [0.15, 0.2) is 0 Å². The number of nitrogens with zero attached hydrogens (tertiary/aromatic N) is 3. The lowest BCUT2D eigenvalue weighted by atomic mass is 9.72. The van der Waals surface area contributed by atoms with Crippen LogP contribution in [0.4, 0.5) is 22.7 Å². The highest BCUT2D eigenvalue weighted by molar-refractivity contribution is 7.90. The molecule has 2 aliphatic heterocycles. The van der Waals surface area contributed by atoms with Crippen LogP contribution in [0.1, 0.15) is 61.9 Å². The minimum atomic E-state index is -4.56. The van der Waals surface area contributed by atoms with Gasteiger partial charge in [0, 0.05) is 81.4 Å². The number of nitrogens with two attached hydrogens (primary N) is 1. The minimum absolute atomic E-state index is 0.0694. The zero-order chi connectivity index (χ0) is 42.6. The molecule has 0 radical (unpaired) electrons. The molecule has 0 aromatic heterocycles. The molecule has 4 aromatic rings. The van der Waals surface area contributed by atoms with Gasteiger partial charge in [-0.25, -0.2) is 13.1 Å². The van der Waals surface area contributed by atoms with E-state index >= 15 is 0 Å². The maximum atomic E-state index is 13.8. The van der Waals surface area contributed by atoms with Crippen LogP contribution in [0.3, 0.4) is 0 Å². The number of rotatable bonds is 13. The van der Waals surface area contributed by atoms with E-state index in [0.29, 0.717) is 38.5 Å². The van der Waals surface area contributed by atoms with Crippen LogP contribution >= 0.6 is 23.2 Å². The smallest absolute Gasteiger partial charge is 0.293 e. The summed E-state index contributed by atoms with van der Waals surface area (Å²) in [5.74, 6) is -0.338. The Balaban J connectivity index is 1.08. The van der Waals surface area contributed by atoms with Crippen LogP contribution < -0.4 is 25.4 Å². The summed E-state index contributed by atoms with van der Waals surface area (Å²) in [4.78, 5) is 29.5. The first-order valence-corrected chi connectivity index (χ1v) is 22.4. The molecule has 2 heterocycles. The van der Waals surface area contributed by atoms with Crippen molar-refractivity contribution in [1.82, 2.24) is 9.62 Å². The van der Waals surface area contributed by atoms with Gasteiger partial charge in [-0.2, -0.15) is 0 Å². The quantitative estimate of drug-likeness (QED) is 0.0666. The number of piperazine rings is 1. The fraction of sp³-hybridized carbons (Fsp3) is 0.386. The number of ether oxygens (including phenoxy) is 2. The third-order valence-corrected chi connectivity index (χ3v) is 13.5. The van der Waals surface area contributed by atoms with Crippen molar-refractivity contribution >= 4 is 67.5 Å². The largest absolute Gasteiger partial charge is 0.456 e. The van der Waals surface area contributed by atoms with Crippen molar-refractivity contribution in [2.45, 2.75) is 50.8 Å². The van der Waals surface area contributed by atoms with Crippen LogP contribution in [0.5, 0.6) is 11.5 Å². The molecule has 318 valence electrons. The Bertz CT molecular complexity index is 2380. The summed E-state index contributed by atoms with van der Waals surface area (Å²) in [7, 11) is -4.56.